The third-order valence-corrected chi connectivity index (χ3v) is 5.82. The van der Waals surface area contributed by atoms with Gasteiger partial charge in [-0.25, -0.2) is 26.8 Å². The predicted molar refractivity (Wildman–Crippen MR) is 65.7 cm³/mol. The molecule has 0 aliphatic heterocycles. The van der Waals surface area contributed by atoms with Crippen LogP contribution in [0.15, 0.2) is 11.4 Å². The van der Waals surface area contributed by atoms with Crippen molar-refractivity contribution in [2.45, 2.75) is 24.3 Å². The number of nitrogens with zero attached hydrogens (tertiary/aromatic N) is 2. The number of hydrogen-bond donors (Lipinski definition) is 0. The van der Waals surface area contributed by atoms with E-state index in [-0.39, 0.29) is 5.03 Å². The lowest BCUT2D eigenvalue weighted by molar-refractivity contribution is 0.588. The average Bonchev–Trinajstić information content (AvgIpc) is 2.73. The number of sulfone groups is 1. The first-order valence-electron chi connectivity index (χ1n) is 5.27. The van der Waals surface area contributed by atoms with Crippen molar-refractivity contribution in [3.8, 4) is 0 Å². The maximum absolute atomic E-state index is 12.0. The van der Waals surface area contributed by atoms with Gasteiger partial charge in [0.15, 0.2) is 14.9 Å². The van der Waals surface area contributed by atoms with Crippen LogP contribution in [0.25, 0.3) is 0 Å². The van der Waals surface area contributed by atoms with E-state index in [1.807, 2.05) is 0 Å². The van der Waals surface area contributed by atoms with Crippen LogP contribution in [0.3, 0.4) is 0 Å². The van der Waals surface area contributed by atoms with E-state index in [1.165, 1.54) is 6.33 Å². The van der Waals surface area contributed by atoms with Crippen LogP contribution >= 0.6 is 10.7 Å². The fourth-order valence-electron chi connectivity index (χ4n) is 1.90. The average molecular weight is 311 g/mol. The lowest BCUT2D eigenvalue weighted by Crippen LogP contribution is -2.17. The fourth-order valence-corrected chi connectivity index (χ4v) is 5.14. The first-order chi connectivity index (χ1) is 8.30. The number of halogens is 1. The van der Waals surface area contributed by atoms with Crippen LogP contribution in [0.1, 0.15) is 17.7 Å². The zero-order valence-electron chi connectivity index (χ0n) is 9.33. The molecule has 1 aromatic rings. The molecule has 100 valence electrons. The van der Waals surface area contributed by atoms with Crippen molar-refractivity contribution < 1.29 is 16.8 Å². The summed E-state index contributed by atoms with van der Waals surface area (Å²) in [6, 6.07) is 0. The first-order valence-corrected chi connectivity index (χ1v) is 9.40. The Hall–Kier alpha value is -0.730. The molecule has 0 saturated heterocycles. The van der Waals surface area contributed by atoms with Gasteiger partial charge in [0.05, 0.1) is 11.5 Å². The Morgan fingerprint density at radius 1 is 1.11 bits per heavy atom. The zero-order valence-corrected chi connectivity index (χ0v) is 11.7. The Labute approximate surface area is 110 Å². The molecule has 0 bridgehead atoms. The lowest BCUT2D eigenvalue weighted by Gasteiger charge is -2.06. The van der Waals surface area contributed by atoms with E-state index in [4.69, 9.17) is 10.7 Å². The summed E-state index contributed by atoms with van der Waals surface area (Å²) in [7, 11) is -2.54. The van der Waals surface area contributed by atoms with Crippen molar-refractivity contribution in [1.82, 2.24) is 9.97 Å². The van der Waals surface area contributed by atoms with E-state index in [1.54, 1.807) is 0 Å². The van der Waals surface area contributed by atoms with E-state index in [9.17, 15) is 16.8 Å². The molecule has 0 fully saturated rings. The summed E-state index contributed by atoms with van der Waals surface area (Å²) >= 11 is 0. The highest BCUT2D eigenvalue weighted by molar-refractivity contribution is 8.14. The summed E-state index contributed by atoms with van der Waals surface area (Å²) in [4.78, 5) is 7.81. The van der Waals surface area contributed by atoms with Crippen LogP contribution < -0.4 is 0 Å². The number of fused-ring (bicyclic) bond motifs is 1. The Morgan fingerprint density at radius 2 is 1.83 bits per heavy atom. The van der Waals surface area contributed by atoms with Gasteiger partial charge in [-0.1, -0.05) is 0 Å². The monoisotopic (exact) mass is 310 g/mol. The summed E-state index contributed by atoms with van der Waals surface area (Å²) in [5.74, 6) is -1.17. The molecule has 1 heterocycles. The van der Waals surface area contributed by atoms with Gasteiger partial charge in [0.1, 0.15) is 6.33 Å². The molecule has 9 heteroatoms. The van der Waals surface area contributed by atoms with Gasteiger partial charge in [-0.15, -0.1) is 0 Å². The fraction of sp³-hybridized carbons (Fsp3) is 0.556. The van der Waals surface area contributed by atoms with Crippen LogP contribution in [0, 0.1) is 0 Å². The first kappa shape index (κ1) is 13.7. The van der Waals surface area contributed by atoms with Gasteiger partial charge < -0.3 is 0 Å². The third-order valence-electron chi connectivity index (χ3n) is 2.73. The highest BCUT2D eigenvalue weighted by Gasteiger charge is 2.27. The van der Waals surface area contributed by atoms with Crippen LogP contribution in [-0.4, -0.2) is 38.3 Å². The minimum Gasteiger partial charge on any atom is -0.241 e. The number of hydrogen-bond acceptors (Lipinski definition) is 6. The largest absolute Gasteiger partial charge is 0.241 e. The van der Waals surface area contributed by atoms with Gasteiger partial charge in [-0.3, -0.25) is 0 Å². The Bertz CT molecular complexity index is 670. The van der Waals surface area contributed by atoms with E-state index in [2.05, 4.69) is 9.97 Å². The van der Waals surface area contributed by atoms with Crippen molar-refractivity contribution in [3.05, 3.63) is 17.6 Å². The maximum atomic E-state index is 12.0. The topological polar surface area (TPSA) is 94.1 Å². The number of aryl methyl sites for hydroxylation is 1. The minimum absolute atomic E-state index is 0.0506. The van der Waals surface area contributed by atoms with Gasteiger partial charge in [0, 0.05) is 21.9 Å². The van der Waals surface area contributed by atoms with Crippen molar-refractivity contribution in [2.75, 3.05) is 11.5 Å². The second-order valence-electron chi connectivity index (χ2n) is 4.02. The van der Waals surface area contributed by atoms with Crippen molar-refractivity contribution >= 4 is 29.6 Å². The molecule has 1 aromatic heterocycles. The molecule has 1 aliphatic carbocycles. The Balaban J connectivity index is 2.34. The highest BCUT2D eigenvalue weighted by Crippen LogP contribution is 2.25. The van der Waals surface area contributed by atoms with E-state index in [0.29, 0.717) is 12.0 Å². The molecule has 0 spiro atoms. The molecular weight excluding hydrogens is 300 g/mol. The molecule has 0 atom stereocenters. The van der Waals surface area contributed by atoms with Crippen LogP contribution in [0.4, 0.5) is 0 Å². The molecule has 0 saturated carbocycles. The highest BCUT2D eigenvalue weighted by atomic mass is 35.7. The van der Waals surface area contributed by atoms with Crippen LogP contribution in [0.2, 0.25) is 0 Å². The second-order valence-corrected chi connectivity index (χ2v) is 8.94. The SMILES string of the molecule is O=S(=O)(Cl)CCS(=O)(=O)c1ncnc2c1CCC2. The van der Waals surface area contributed by atoms with Gasteiger partial charge in [-0.05, 0) is 19.3 Å². The number of aromatic nitrogens is 2. The van der Waals surface area contributed by atoms with Gasteiger partial charge in [-0.2, -0.15) is 0 Å². The smallest absolute Gasteiger partial charge is 0.233 e. The van der Waals surface area contributed by atoms with E-state index < -0.39 is 30.4 Å². The summed E-state index contributed by atoms with van der Waals surface area (Å²) in [6.45, 7) is 0. The van der Waals surface area contributed by atoms with Gasteiger partial charge >= 0.3 is 0 Å². The molecule has 1 aliphatic rings. The summed E-state index contributed by atoms with van der Waals surface area (Å²) in [6.07, 6.45) is 3.38. The molecule has 0 unspecified atom stereocenters. The molecule has 0 radical (unpaired) electrons. The normalized spacial score (nSPS) is 15.6. The predicted octanol–water partition coefficient (Wildman–Crippen LogP) is 0.308. The standard InChI is InChI=1S/C9H11ClN2O4S2/c10-18(15,16)5-4-17(13,14)9-7-2-1-3-8(7)11-6-12-9/h6H,1-5H2. The summed E-state index contributed by atoms with van der Waals surface area (Å²) in [5.41, 5.74) is 1.35. The van der Waals surface area contributed by atoms with Crippen LogP contribution in [0.5, 0.6) is 0 Å². The van der Waals surface area contributed by atoms with Crippen molar-refractivity contribution in [1.29, 1.82) is 0 Å². The lowest BCUT2D eigenvalue weighted by atomic mass is 10.3. The van der Waals surface area contributed by atoms with Crippen LogP contribution in [-0.2, 0) is 31.7 Å². The number of rotatable bonds is 4. The summed E-state index contributed by atoms with van der Waals surface area (Å²) < 4.78 is 45.7. The van der Waals surface area contributed by atoms with E-state index in [0.717, 1.165) is 18.5 Å². The Kier molecular flexibility index (Phi) is 3.61. The zero-order chi connectivity index (χ0) is 13.4. The quantitative estimate of drug-likeness (QED) is 0.587. The molecule has 0 amide bonds. The molecule has 2 rings (SSSR count). The van der Waals surface area contributed by atoms with Gasteiger partial charge in [0.25, 0.3) is 0 Å². The molecule has 18 heavy (non-hydrogen) atoms. The summed E-state index contributed by atoms with van der Waals surface area (Å²) in [5, 5.41) is -0.0506. The molecule has 0 N–H and O–H groups in total. The van der Waals surface area contributed by atoms with Crippen molar-refractivity contribution in [3.63, 3.8) is 0 Å². The van der Waals surface area contributed by atoms with Gasteiger partial charge in [0.2, 0.25) is 9.05 Å². The van der Waals surface area contributed by atoms with Crippen molar-refractivity contribution in [2.24, 2.45) is 0 Å². The third kappa shape index (κ3) is 2.99. The second kappa shape index (κ2) is 4.75. The van der Waals surface area contributed by atoms with E-state index >= 15 is 0 Å². The minimum atomic E-state index is -3.83. The molecule has 0 aromatic carbocycles. The maximum Gasteiger partial charge on any atom is 0.233 e. The Morgan fingerprint density at radius 3 is 2.50 bits per heavy atom. The molecule has 6 nitrogen and oxygen atoms in total. The molecular formula is C9H11ClN2O4S2.